The lowest BCUT2D eigenvalue weighted by atomic mass is 10.2. The molecule has 1 heterocycles. The minimum atomic E-state index is 0.446. The van der Waals surface area contributed by atoms with Crippen molar-refractivity contribution in [3.05, 3.63) is 21.9 Å². The fourth-order valence-corrected chi connectivity index (χ4v) is 3.20. The van der Waals surface area contributed by atoms with Crippen molar-refractivity contribution >= 4 is 11.3 Å². The summed E-state index contributed by atoms with van der Waals surface area (Å²) in [6.45, 7) is 6.25. The summed E-state index contributed by atoms with van der Waals surface area (Å²) < 4.78 is 0. The summed E-state index contributed by atoms with van der Waals surface area (Å²) >= 11 is 1.89. The van der Waals surface area contributed by atoms with Crippen molar-refractivity contribution in [1.29, 1.82) is 0 Å². The summed E-state index contributed by atoms with van der Waals surface area (Å²) in [6.07, 6.45) is 2.71. The van der Waals surface area contributed by atoms with Crippen LogP contribution in [0.5, 0.6) is 0 Å². The summed E-state index contributed by atoms with van der Waals surface area (Å²) in [5.41, 5.74) is 5.92. The molecule has 84 valence electrons. The zero-order valence-electron chi connectivity index (χ0n) is 9.57. The van der Waals surface area contributed by atoms with Gasteiger partial charge in [0.25, 0.3) is 0 Å². The number of aryl methyl sites for hydroxylation is 1. The van der Waals surface area contributed by atoms with Crippen LogP contribution in [-0.2, 0) is 0 Å². The quantitative estimate of drug-likeness (QED) is 0.833. The van der Waals surface area contributed by atoms with Crippen LogP contribution in [0.3, 0.4) is 0 Å². The van der Waals surface area contributed by atoms with Crippen molar-refractivity contribution in [2.75, 3.05) is 13.1 Å². The normalized spacial score (nSPS) is 18.4. The number of thiophene rings is 1. The zero-order valence-corrected chi connectivity index (χ0v) is 10.4. The molecule has 1 aliphatic rings. The maximum absolute atomic E-state index is 5.92. The highest BCUT2D eigenvalue weighted by atomic mass is 32.1. The third-order valence-electron chi connectivity index (χ3n) is 3.09. The maximum Gasteiger partial charge on any atom is 0.0566 e. The predicted octanol–water partition coefficient (Wildman–Crippen LogP) is 2.54. The Morgan fingerprint density at radius 3 is 2.67 bits per heavy atom. The molecule has 1 unspecified atom stereocenters. The summed E-state index contributed by atoms with van der Waals surface area (Å²) in [4.78, 5) is 5.38. The molecule has 0 aliphatic heterocycles. The van der Waals surface area contributed by atoms with Crippen LogP contribution in [0.4, 0.5) is 0 Å². The molecule has 2 nitrogen and oxygen atoms in total. The molecule has 1 fully saturated rings. The fourth-order valence-electron chi connectivity index (χ4n) is 2.19. The molecular formula is C12H20N2S. The minimum Gasteiger partial charge on any atom is -0.329 e. The molecule has 1 aromatic rings. The number of hydrogen-bond donors (Lipinski definition) is 1. The first-order chi connectivity index (χ1) is 7.26. The van der Waals surface area contributed by atoms with Crippen molar-refractivity contribution in [2.24, 2.45) is 5.73 Å². The van der Waals surface area contributed by atoms with Crippen LogP contribution in [0.2, 0.25) is 0 Å². The van der Waals surface area contributed by atoms with Gasteiger partial charge in [-0.15, -0.1) is 11.3 Å². The summed E-state index contributed by atoms with van der Waals surface area (Å²) in [5.74, 6) is 0. The average Bonchev–Trinajstić information content (AvgIpc) is 2.98. The number of rotatable bonds is 5. The van der Waals surface area contributed by atoms with E-state index in [1.165, 1.54) is 22.6 Å². The van der Waals surface area contributed by atoms with Crippen molar-refractivity contribution in [2.45, 2.75) is 38.8 Å². The van der Waals surface area contributed by atoms with Gasteiger partial charge in [0, 0.05) is 22.3 Å². The van der Waals surface area contributed by atoms with Crippen LogP contribution in [0.25, 0.3) is 0 Å². The summed E-state index contributed by atoms with van der Waals surface area (Å²) in [6, 6.07) is 5.68. The van der Waals surface area contributed by atoms with Crippen LogP contribution in [0, 0.1) is 6.92 Å². The van der Waals surface area contributed by atoms with E-state index in [9.17, 15) is 0 Å². The standard InChI is InChI=1S/C12H20N2S/c1-3-14(10-5-6-10)11(8-13)12-7-4-9(2)15-12/h4,7,10-11H,3,5-6,8,13H2,1-2H3. The largest absolute Gasteiger partial charge is 0.329 e. The van der Waals surface area contributed by atoms with Crippen LogP contribution < -0.4 is 5.73 Å². The van der Waals surface area contributed by atoms with E-state index in [4.69, 9.17) is 5.73 Å². The molecule has 0 amide bonds. The van der Waals surface area contributed by atoms with E-state index in [1.54, 1.807) is 0 Å². The molecule has 15 heavy (non-hydrogen) atoms. The number of likely N-dealkylation sites (N-methyl/N-ethyl adjacent to an activating group) is 1. The van der Waals surface area contributed by atoms with Crippen LogP contribution >= 0.6 is 11.3 Å². The lowest BCUT2D eigenvalue weighted by Gasteiger charge is -2.29. The smallest absolute Gasteiger partial charge is 0.0566 e. The van der Waals surface area contributed by atoms with Crippen molar-refractivity contribution < 1.29 is 0 Å². The number of hydrogen-bond acceptors (Lipinski definition) is 3. The van der Waals surface area contributed by atoms with Gasteiger partial charge in [-0.25, -0.2) is 0 Å². The second-order valence-electron chi connectivity index (χ2n) is 4.26. The van der Waals surface area contributed by atoms with E-state index >= 15 is 0 Å². The fraction of sp³-hybridized carbons (Fsp3) is 0.667. The Hall–Kier alpha value is -0.380. The minimum absolute atomic E-state index is 0.446. The van der Waals surface area contributed by atoms with Crippen LogP contribution in [0.1, 0.15) is 35.6 Å². The maximum atomic E-state index is 5.92. The zero-order chi connectivity index (χ0) is 10.8. The van der Waals surface area contributed by atoms with Gasteiger partial charge in [-0.1, -0.05) is 6.92 Å². The van der Waals surface area contributed by atoms with E-state index in [-0.39, 0.29) is 0 Å². The van der Waals surface area contributed by atoms with E-state index in [2.05, 4.69) is 30.9 Å². The highest BCUT2D eigenvalue weighted by molar-refractivity contribution is 7.12. The Balaban J connectivity index is 2.14. The second kappa shape index (κ2) is 4.64. The highest BCUT2D eigenvalue weighted by Crippen LogP contribution is 2.35. The summed E-state index contributed by atoms with van der Waals surface area (Å²) in [7, 11) is 0. The average molecular weight is 224 g/mol. The van der Waals surface area contributed by atoms with Gasteiger partial charge in [-0.05, 0) is 38.4 Å². The van der Waals surface area contributed by atoms with Gasteiger partial charge >= 0.3 is 0 Å². The Bertz CT molecular complexity index is 317. The molecule has 0 radical (unpaired) electrons. The Morgan fingerprint density at radius 1 is 1.53 bits per heavy atom. The molecule has 0 bridgehead atoms. The highest BCUT2D eigenvalue weighted by Gasteiger charge is 2.33. The first-order valence-electron chi connectivity index (χ1n) is 5.78. The van der Waals surface area contributed by atoms with E-state index in [0.717, 1.165) is 19.1 Å². The molecular weight excluding hydrogens is 204 g/mol. The van der Waals surface area contributed by atoms with Gasteiger partial charge in [0.05, 0.1) is 6.04 Å². The Labute approximate surface area is 96.1 Å². The molecule has 1 saturated carbocycles. The topological polar surface area (TPSA) is 29.3 Å². The van der Waals surface area contributed by atoms with Gasteiger partial charge in [-0.3, -0.25) is 4.90 Å². The van der Waals surface area contributed by atoms with Crippen molar-refractivity contribution in [3.8, 4) is 0 Å². The second-order valence-corrected chi connectivity index (χ2v) is 5.58. The first-order valence-corrected chi connectivity index (χ1v) is 6.60. The molecule has 0 saturated heterocycles. The number of nitrogens with zero attached hydrogens (tertiary/aromatic N) is 1. The molecule has 2 N–H and O–H groups in total. The van der Waals surface area contributed by atoms with Gasteiger partial charge in [-0.2, -0.15) is 0 Å². The summed E-state index contributed by atoms with van der Waals surface area (Å²) in [5, 5.41) is 0. The van der Waals surface area contributed by atoms with Gasteiger partial charge < -0.3 is 5.73 Å². The monoisotopic (exact) mass is 224 g/mol. The lowest BCUT2D eigenvalue weighted by molar-refractivity contribution is 0.205. The molecule has 0 aromatic carbocycles. The van der Waals surface area contributed by atoms with Crippen molar-refractivity contribution in [1.82, 2.24) is 4.90 Å². The van der Waals surface area contributed by atoms with E-state index < -0.39 is 0 Å². The SMILES string of the molecule is CCN(C1CC1)C(CN)c1ccc(C)s1. The third-order valence-corrected chi connectivity index (χ3v) is 4.20. The predicted molar refractivity (Wildman–Crippen MR) is 66.3 cm³/mol. The van der Waals surface area contributed by atoms with Gasteiger partial charge in [0.15, 0.2) is 0 Å². The molecule has 1 aromatic heterocycles. The molecule has 1 aliphatic carbocycles. The van der Waals surface area contributed by atoms with Gasteiger partial charge in [0.1, 0.15) is 0 Å². The van der Waals surface area contributed by atoms with Crippen LogP contribution in [-0.4, -0.2) is 24.0 Å². The van der Waals surface area contributed by atoms with Gasteiger partial charge in [0.2, 0.25) is 0 Å². The number of nitrogens with two attached hydrogens (primary N) is 1. The third kappa shape index (κ3) is 2.41. The Kier molecular flexibility index (Phi) is 3.44. The molecule has 1 atom stereocenters. The lowest BCUT2D eigenvalue weighted by Crippen LogP contribution is -2.34. The Morgan fingerprint density at radius 2 is 2.27 bits per heavy atom. The molecule has 0 spiro atoms. The van der Waals surface area contributed by atoms with Crippen LogP contribution in [0.15, 0.2) is 12.1 Å². The molecule has 2 rings (SSSR count). The van der Waals surface area contributed by atoms with E-state index in [1.807, 2.05) is 11.3 Å². The van der Waals surface area contributed by atoms with E-state index in [0.29, 0.717) is 6.04 Å². The first kappa shape index (κ1) is 11.1. The molecule has 3 heteroatoms. The van der Waals surface area contributed by atoms with Crippen molar-refractivity contribution in [3.63, 3.8) is 0 Å².